The average molecular weight is 344 g/mol. The molecule has 1 atom stereocenters. The Morgan fingerprint density at radius 2 is 2.16 bits per heavy atom. The molecule has 0 N–H and O–H groups in total. The zero-order valence-electron chi connectivity index (χ0n) is 14.7. The molecule has 25 heavy (non-hydrogen) atoms. The molecule has 1 saturated heterocycles. The van der Waals surface area contributed by atoms with Crippen molar-refractivity contribution in [3.8, 4) is 17.1 Å². The van der Waals surface area contributed by atoms with Gasteiger partial charge in [-0.1, -0.05) is 0 Å². The third-order valence-corrected chi connectivity index (χ3v) is 4.41. The van der Waals surface area contributed by atoms with Gasteiger partial charge in [0.1, 0.15) is 5.75 Å². The van der Waals surface area contributed by atoms with Crippen LogP contribution in [0.2, 0.25) is 0 Å². The third-order valence-electron chi connectivity index (χ3n) is 4.41. The van der Waals surface area contributed by atoms with Gasteiger partial charge in [-0.25, -0.2) is 4.98 Å². The minimum atomic E-state index is -0.0986. The van der Waals surface area contributed by atoms with Crippen LogP contribution in [0.1, 0.15) is 25.7 Å². The van der Waals surface area contributed by atoms with Crippen molar-refractivity contribution >= 4 is 5.97 Å². The first-order valence-corrected chi connectivity index (χ1v) is 8.67. The van der Waals surface area contributed by atoms with Crippen LogP contribution in [-0.2, 0) is 16.1 Å². The van der Waals surface area contributed by atoms with E-state index in [0.717, 1.165) is 36.5 Å². The fourth-order valence-electron chi connectivity index (χ4n) is 3.12. The molecule has 2 aromatic rings. The van der Waals surface area contributed by atoms with Gasteiger partial charge in [0, 0.05) is 12.1 Å². The molecule has 0 amide bonds. The number of methoxy groups -OCH3 is 1. The van der Waals surface area contributed by atoms with Gasteiger partial charge in [-0.15, -0.1) is 0 Å². The van der Waals surface area contributed by atoms with Crippen molar-refractivity contribution in [2.45, 2.75) is 26.3 Å². The number of rotatable bonds is 6. The third kappa shape index (κ3) is 4.39. The fraction of sp³-hybridized carbons (Fsp3) is 0.474. The predicted molar refractivity (Wildman–Crippen MR) is 93.1 cm³/mol. The summed E-state index contributed by atoms with van der Waals surface area (Å²) in [5, 5.41) is 0. The highest BCUT2D eigenvalue weighted by atomic mass is 16.5. The summed E-state index contributed by atoms with van der Waals surface area (Å²) >= 11 is 0. The molecule has 134 valence electrons. The van der Waals surface area contributed by atoms with Crippen LogP contribution in [0.3, 0.4) is 0 Å². The highest BCUT2D eigenvalue weighted by molar-refractivity contribution is 5.72. The number of piperidine rings is 1. The Morgan fingerprint density at radius 3 is 2.88 bits per heavy atom. The van der Waals surface area contributed by atoms with Gasteiger partial charge in [0.2, 0.25) is 5.89 Å². The monoisotopic (exact) mass is 344 g/mol. The molecular weight excluding hydrogens is 320 g/mol. The van der Waals surface area contributed by atoms with Crippen LogP contribution >= 0.6 is 0 Å². The van der Waals surface area contributed by atoms with Gasteiger partial charge >= 0.3 is 5.97 Å². The van der Waals surface area contributed by atoms with Crippen LogP contribution in [0.5, 0.6) is 5.75 Å². The summed E-state index contributed by atoms with van der Waals surface area (Å²) in [4.78, 5) is 18.5. The van der Waals surface area contributed by atoms with E-state index in [1.54, 1.807) is 13.3 Å². The highest BCUT2D eigenvalue weighted by Gasteiger charge is 2.27. The van der Waals surface area contributed by atoms with Crippen LogP contribution in [0.25, 0.3) is 11.3 Å². The van der Waals surface area contributed by atoms with Crippen molar-refractivity contribution in [1.82, 2.24) is 9.88 Å². The molecule has 0 aliphatic carbocycles. The molecule has 1 fully saturated rings. The lowest BCUT2D eigenvalue weighted by Gasteiger charge is -2.30. The minimum Gasteiger partial charge on any atom is -0.497 e. The van der Waals surface area contributed by atoms with Crippen LogP contribution < -0.4 is 4.74 Å². The van der Waals surface area contributed by atoms with Gasteiger partial charge in [-0.2, -0.15) is 0 Å². The number of hydrogen-bond donors (Lipinski definition) is 0. The fourth-order valence-corrected chi connectivity index (χ4v) is 3.12. The molecular formula is C19H24N2O4. The van der Waals surface area contributed by atoms with Crippen LogP contribution in [0.4, 0.5) is 0 Å². The Balaban J connectivity index is 1.61. The van der Waals surface area contributed by atoms with Gasteiger partial charge in [0.25, 0.3) is 0 Å². The van der Waals surface area contributed by atoms with E-state index in [1.807, 2.05) is 31.2 Å². The summed E-state index contributed by atoms with van der Waals surface area (Å²) in [6.07, 6.45) is 3.61. The largest absolute Gasteiger partial charge is 0.497 e. The van der Waals surface area contributed by atoms with Crippen molar-refractivity contribution in [2.75, 3.05) is 26.8 Å². The lowest BCUT2D eigenvalue weighted by Crippen LogP contribution is -2.39. The van der Waals surface area contributed by atoms with E-state index in [4.69, 9.17) is 13.9 Å². The molecule has 3 rings (SSSR count). The summed E-state index contributed by atoms with van der Waals surface area (Å²) in [5.74, 6) is 2.05. The SMILES string of the molecule is CCOC(=O)C1CCCN(Cc2ncc(-c3ccc(OC)cc3)o2)C1. The summed E-state index contributed by atoms with van der Waals surface area (Å²) in [7, 11) is 1.64. The molecule has 1 aromatic heterocycles. The van der Waals surface area contributed by atoms with E-state index < -0.39 is 0 Å². The van der Waals surface area contributed by atoms with Crippen molar-refractivity contribution < 1.29 is 18.7 Å². The van der Waals surface area contributed by atoms with E-state index >= 15 is 0 Å². The van der Waals surface area contributed by atoms with Gasteiger partial charge in [0.15, 0.2) is 5.76 Å². The molecule has 1 aliphatic rings. The topological polar surface area (TPSA) is 64.8 Å². The molecule has 1 unspecified atom stereocenters. The molecule has 1 aliphatic heterocycles. The maximum Gasteiger partial charge on any atom is 0.310 e. The Kier molecular flexibility index (Phi) is 5.71. The van der Waals surface area contributed by atoms with E-state index in [0.29, 0.717) is 25.6 Å². The van der Waals surface area contributed by atoms with E-state index in [2.05, 4.69) is 9.88 Å². The number of ether oxygens (including phenoxy) is 2. The first-order valence-electron chi connectivity index (χ1n) is 8.67. The Hall–Kier alpha value is -2.34. The van der Waals surface area contributed by atoms with Crippen LogP contribution in [0.15, 0.2) is 34.9 Å². The smallest absolute Gasteiger partial charge is 0.310 e. The molecule has 6 nitrogen and oxygen atoms in total. The summed E-state index contributed by atoms with van der Waals surface area (Å²) in [5.41, 5.74) is 0.961. The van der Waals surface area contributed by atoms with E-state index in [1.165, 1.54) is 0 Å². The van der Waals surface area contributed by atoms with Crippen molar-refractivity contribution in [3.63, 3.8) is 0 Å². The second kappa shape index (κ2) is 8.16. The second-order valence-corrected chi connectivity index (χ2v) is 6.17. The number of benzene rings is 1. The molecule has 0 radical (unpaired) electrons. The van der Waals surface area contributed by atoms with E-state index in [-0.39, 0.29) is 11.9 Å². The number of hydrogen-bond acceptors (Lipinski definition) is 6. The standard InChI is InChI=1S/C19H24N2O4/c1-3-24-19(22)15-5-4-10-21(12-15)13-18-20-11-17(25-18)14-6-8-16(23-2)9-7-14/h6-9,11,15H,3-5,10,12-13H2,1-2H3. The summed E-state index contributed by atoms with van der Waals surface area (Å²) in [6, 6.07) is 7.68. The number of oxazole rings is 1. The molecule has 2 heterocycles. The van der Waals surface area contributed by atoms with Crippen LogP contribution in [-0.4, -0.2) is 42.7 Å². The summed E-state index contributed by atoms with van der Waals surface area (Å²) in [6.45, 7) is 4.51. The molecule has 0 spiro atoms. The predicted octanol–water partition coefficient (Wildman–Crippen LogP) is 3.13. The number of esters is 1. The maximum absolute atomic E-state index is 11.9. The van der Waals surface area contributed by atoms with Crippen molar-refractivity contribution in [2.24, 2.45) is 5.92 Å². The van der Waals surface area contributed by atoms with Gasteiger partial charge in [-0.3, -0.25) is 9.69 Å². The molecule has 1 aromatic carbocycles. The lowest BCUT2D eigenvalue weighted by atomic mass is 9.98. The van der Waals surface area contributed by atoms with Gasteiger partial charge < -0.3 is 13.9 Å². The maximum atomic E-state index is 11.9. The molecule has 6 heteroatoms. The minimum absolute atomic E-state index is 0.0512. The quantitative estimate of drug-likeness (QED) is 0.750. The highest BCUT2D eigenvalue weighted by Crippen LogP contribution is 2.25. The average Bonchev–Trinajstić information content (AvgIpc) is 3.10. The van der Waals surface area contributed by atoms with Gasteiger partial charge in [0.05, 0.1) is 32.4 Å². The number of carbonyl (C=O) groups excluding carboxylic acids is 1. The summed E-state index contributed by atoms with van der Waals surface area (Å²) < 4.78 is 16.2. The number of likely N-dealkylation sites (tertiary alicyclic amines) is 1. The normalized spacial score (nSPS) is 18.1. The number of carbonyl (C=O) groups is 1. The Labute approximate surface area is 147 Å². The Morgan fingerprint density at radius 1 is 1.36 bits per heavy atom. The molecule has 0 bridgehead atoms. The second-order valence-electron chi connectivity index (χ2n) is 6.17. The number of nitrogens with zero attached hydrogens (tertiary/aromatic N) is 2. The zero-order valence-corrected chi connectivity index (χ0v) is 14.7. The Bertz CT molecular complexity index is 696. The first kappa shape index (κ1) is 17.5. The van der Waals surface area contributed by atoms with Crippen LogP contribution in [0, 0.1) is 5.92 Å². The molecule has 0 saturated carbocycles. The van der Waals surface area contributed by atoms with Gasteiger partial charge in [-0.05, 0) is 50.6 Å². The van der Waals surface area contributed by atoms with E-state index in [9.17, 15) is 4.79 Å². The zero-order chi connectivity index (χ0) is 17.6. The first-order chi connectivity index (χ1) is 12.2. The number of aromatic nitrogens is 1. The van der Waals surface area contributed by atoms with Crippen molar-refractivity contribution in [3.05, 3.63) is 36.4 Å². The lowest BCUT2D eigenvalue weighted by molar-refractivity contribution is -0.150. The van der Waals surface area contributed by atoms with Crippen molar-refractivity contribution in [1.29, 1.82) is 0 Å².